The summed E-state index contributed by atoms with van der Waals surface area (Å²) in [5.41, 5.74) is 9.03. The molecule has 11 nitrogen and oxygen atoms in total. The number of morpholine rings is 1. The van der Waals surface area contributed by atoms with Gasteiger partial charge < -0.3 is 20.7 Å². The molecule has 0 spiro atoms. The van der Waals surface area contributed by atoms with Crippen LogP contribution in [0.2, 0.25) is 0 Å². The van der Waals surface area contributed by atoms with Crippen LogP contribution < -0.4 is 16.6 Å². The first-order valence-electron chi connectivity index (χ1n) is 14.4. The number of carbonyl (C=O) groups is 2. The molecule has 0 atom stereocenters. The summed E-state index contributed by atoms with van der Waals surface area (Å²) in [7, 11) is 0. The molecule has 1 saturated heterocycles. The van der Waals surface area contributed by atoms with Crippen molar-refractivity contribution in [3.05, 3.63) is 106 Å². The van der Waals surface area contributed by atoms with E-state index in [1.54, 1.807) is 59.6 Å². The lowest BCUT2D eigenvalue weighted by molar-refractivity contribution is 0.0303. The quantitative estimate of drug-likeness (QED) is 0.302. The zero-order valence-electron chi connectivity index (χ0n) is 24.8. The maximum atomic E-state index is 13.4. The van der Waals surface area contributed by atoms with Gasteiger partial charge in [0.05, 0.1) is 36.2 Å². The van der Waals surface area contributed by atoms with E-state index in [0.717, 1.165) is 10.9 Å². The lowest BCUT2D eigenvalue weighted by atomic mass is 9.86. The van der Waals surface area contributed by atoms with Crippen LogP contribution in [0.1, 0.15) is 47.1 Å². The molecule has 2 amide bonds. The Labute approximate surface area is 253 Å². The molecule has 1 aliphatic rings. The second-order valence-electron chi connectivity index (χ2n) is 11.7. The van der Waals surface area contributed by atoms with E-state index in [9.17, 15) is 14.4 Å². The topological polar surface area (TPSA) is 137 Å². The predicted molar refractivity (Wildman–Crippen MR) is 168 cm³/mol. The standard InChI is InChI=1S/C33H33N7O4/c1-33(2,3)23-9-12-27-22(17-23)19-35-40(32(27)43)26-6-4-5-25(18-26)39-20-28(29(34)41)30(37-39)36-24-10-7-21(8-11-24)31(42)38-13-15-44-16-14-38/h4-12,17-20H,13-16H2,1-3H3,(H2,34,41)(H,36,37). The number of carbonyl (C=O) groups excluding carboxylic acids is 2. The van der Waals surface area contributed by atoms with Crippen molar-refractivity contribution in [3.63, 3.8) is 0 Å². The average Bonchev–Trinajstić information content (AvgIpc) is 3.45. The van der Waals surface area contributed by atoms with E-state index in [0.29, 0.717) is 54.3 Å². The summed E-state index contributed by atoms with van der Waals surface area (Å²) in [6.45, 7) is 8.55. The zero-order chi connectivity index (χ0) is 31.0. The van der Waals surface area contributed by atoms with E-state index in [1.165, 1.54) is 15.6 Å². The molecular formula is C33H33N7O4. The van der Waals surface area contributed by atoms with Crippen LogP contribution in [-0.4, -0.2) is 62.6 Å². The highest BCUT2D eigenvalue weighted by molar-refractivity contribution is 5.98. The number of aromatic nitrogens is 4. The summed E-state index contributed by atoms with van der Waals surface area (Å²) < 4.78 is 8.19. The lowest BCUT2D eigenvalue weighted by Gasteiger charge is -2.26. The zero-order valence-corrected chi connectivity index (χ0v) is 24.8. The number of rotatable bonds is 6. The van der Waals surface area contributed by atoms with Gasteiger partial charge in [-0.3, -0.25) is 14.4 Å². The first-order chi connectivity index (χ1) is 21.1. The van der Waals surface area contributed by atoms with Crippen LogP contribution in [0.5, 0.6) is 0 Å². The number of nitrogens with one attached hydrogen (secondary N) is 1. The fraction of sp³-hybridized carbons (Fsp3) is 0.242. The van der Waals surface area contributed by atoms with Gasteiger partial charge in [0.15, 0.2) is 5.82 Å². The average molecular weight is 592 g/mol. The van der Waals surface area contributed by atoms with E-state index in [-0.39, 0.29) is 28.3 Å². The highest BCUT2D eigenvalue weighted by Crippen LogP contribution is 2.26. The van der Waals surface area contributed by atoms with Gasteiger partial charge in [-0.1, -0.05) is 32.9 Å². The number of hydrogen-bond acceptors (Lipinski definition) is 7. The molecule has 1 aliphatic heterocycles. The second kappa shape index (κ2) is 11.4. The van der Waals surface area contributed by atoms with E-state index in [2.05, 4.69) is 36.3 Å². The predicted octanol–water partition coefficient (Wildman–Crippen LogP) is 4.18. The molecule has 3 aromatic carbocycles. The van der Waals surface area contributed by atoms with Gasteiger partial charge >= 0.3 is 0 Å². The van der Waals surface area contributed by atoms with Gasteiger partial charge in [0.25, 0.3) is 17.4 Å². The molecular weight excluding hydrogens is 558 g/mol. The number of primary amides is 1. The third-order valence-corrected chi connectivity index (χ3v) is 7.66. The number of ether oxygens (including phenoxy) is 1. The minimum Gasteiger partial charge on any atom is -0.378 e. The molecule has 44 heavy (non-hydrogen) atoms. The Kier molecular flexibility index (Phi) is 7.48. The van der Waals surface area contributed by atoms with Gasteiger partial charge in [-0.15, -0.1) is 5.10 Å². The van der Waals surface area contributed by atoms with Crippen molar-refractivity contribution in [1.29, 1.82) is 0 Å². The molecule has 224 valence electrons. The van der Waals surface area contributed by atoms with Gasteiger partial charge in [0, 0.05) is 35.9 Å². The Morgan fingerprint density at radius 2 is 1.68 bits per heavy atom. The van der Waals surface area contributed by atoms with Crippen LogP contribution in [0.15, 0.2) is 83.9 Å². The molecule has 6 rings (SSSR count). The Morgan fingerprint density at radius 1 is 0.955 bits per heavy atom. The number of fused-ring (bicyclic) bond motifs is 1. The summed E-state index contributed by atoms with van der Waals surface area (Å²) in [4.78, 5) is 40.3. The molecule has 11 heteroatoms. The van der Waals surface area contributed by atoms with Crippen LogP contribution >= 0.6 is 0 Å². The van der Waals surface area contributed by atoms with E-state index < -0.39 is 5.91 Å². The highest BCUT2D eigenvalue weighted by atomic mass is 16.5. The first kappa shape index (κ1) is 28.8. The van der Waals surface area contributed by atoms with Crippen LogP contribution in [0, 0.1) is 0 Å². The van der Waals surface area contributed by atoms with Gasteiger partial charge in [-0.25, -0.2) is 4.68 Å². The Hall–Kier alpha value is -5.29. The third kappa shape index (κ3) is 5.69. The number of amides is 2. The summed E-state index contributed by atoms with van der Waals surface area (Å²) in [5, 5.41) is 13.5. The first-order valence-corrected chi connectivity index (χ1v) is 14.4. The molecule has 0 aliphatic carbocycles. The normalized spacial score (nSPS) is 13.7. The Morgan fingerprint density at radius 3 is 2.39 bits per heavy atom. The molecule has 5 aromatic rings. The number of nitrogens with two attached hydrogens (primary N) is 1. The fourth-order valence-electron chi connectivity index (χ4n) is 5.13. The number of anilines is 2. The summed E-state index contributed by atoms with van der Waals surface area (Å²) in [6.07, 6.45) is 3.23. The van der Waals surface area contributed by atoms with Crippen molar-refractivity contribution >= 4 is 34.1 Å². The third-order valence-electron chi connectivity index (χ3n) is 7.66. The molecule has 1 fully saturated rings. The monoisotopic (exact) mass is 591 g/mol. The lowest BCUT2D eigenvalue weighted by Crippen LogP contribution is -2.40. The van der Waals surface area contributed by atoms with E-state index >= 15 is 0 Å². The summed E-state index contributed by atoms with van der Waals surface area (Å²) >= 11 is 0. The van der Waals surface area contributed by atoms with Crippen LogP contribution in [0.4, 0.5) is 11.5 Å². The van der Waals surface area contributed by atoms with E-state index in [4.69, 9.17) is 10.5 Å². The van der Waals surface area contributed by atoms with Gasteiger partial charge in [-0.2, -0.15) is 9.78 Å². The maximum absolute atomic E-state index is 13.4. The van der Waals surface area contributed by atoms with Crippen LogP contribution in [-0.2, 0) is 10.2 Å². The van der Waals surface area contributed by atoms with E-state index in [1.807, 2.05) is 18.2 Å². The van der Waals surface area contributed by atoms with Crippen LogP contribution in [0.25, 0.3) is 22.1 Å². The van der Waals surface area contributed by atoms with Gasteiger partial charge in [0.2, 0.25) is 0 Å². The molecule has 3 N–H and O–H groups in total. The fourth-order valence-corrected chi connectivity index (χ4v) is 5.13. The summed E-state index contributed by atoms with van der Waals surface area (Å²) in [6, 6.07) is 19.9. The van der Waals surface area contributed by atoms with Crippen LogP contribution in [0.3, 0.4) is 0 Å². The molecule has 0 saturated carbocycles. The summed E-state index contributed by atoms with van der Waals surface area (Å²) in [5.74, 6) is -0.460. The minimum atomic E-state index is -0.656. The van der Waals surface area contributed by atoms with Crippen molar-refractivity contribution in [1.82, 2.24) is 24.5 Å². The molecule has 0 radical (unpaired) electrons. The van der Waals surface area contributed by atoms with Gasteiger partial charge in [-0.05, 0) is 65.6 Å². The maximum Gasteiger partial charge on any atom is 0.279 e. The largest absolute Gasteiger partial charge is 0.378 e. The highest BCUT2D eigenvalue weighted by Gasteiger charge is 2.20. The van der Waals surface area contributed by atoms with Crippen molar-refractivity contribution in [2.45, 2.75) is 26.2 Å². The smallest absolute Gasteiger partial charge is 0.279 e. The molecule has 0 unspecified atom stereocenters. The molecule has 0 bridgehead atoms. The van der Waals surface area contributed by atoms with Crippen molar-refractivity contribution in [2.24, 2.45) is 5.73 Å². The number of nitrogens with zero attached hydrogens (tertiary/aromatic N) is 5. The second-order valence-corrected chi connectivity index (χ2v) is 11.7. The van der Waals surface area contributed by atoms with Crippen molar-refractivity contribution in [3.8, 4) is 11.4 Å². The molecule has 2 aromatic heterocycles. The molecule has 3 heterocycles. The number of hydrogen-bond donors (Lipinski definition) is 2. The van der Waals surface area contributed by atoms with Crippen molar-refractivity contribution in [2.75, 3.05) is 31.6 Å². The minimum absolute atomic E-state index is 0.0514. The SMILES string of the molecule is CC(C)(C)c1ccc2c(=O)n(-c3cccc(-n4cc(C(N)=O)c(Nc5ccc(C(=O)N6CCOCC6)cc5)n4)c3)ncc2c1. The number of benzene rings is 3. The Balaban J connectivity index is 1.27. The Bertz CT molecular complexity index is 1930. The van der Waals surface area contributed by atoms with Gasteiger partial charge in [0.1, 0.15) is 5.56 Å². The van der Waals surface area contributed by atoms with Crippen molar-refractivity contribution < 1.29 is 14.3 Å².